The summed E-state index contributed by atoms with van der Waals surface area (Å²) in [6, 6.07) is 3.11. The highest BCUT2D eigenvalue weighted by molar-refractivity contribution is 6.32. The quantitative estimate of drug-likeness (QED) is 0.797. The zero-order valence-electron chi connectivity index (χ0n) is 12.4. The average molecular weight is 315 g/mol. The Morgan fingerprint density at radius 2 is 1.95 bits per heavy atom. The predicted octanol–water partition coefficient (Wildman–Crippen LogP) is 2.97. The van der Waals surface area contributed by atoms with E-state index < -0.39 is 23.5 Å². The number of ether oxygens (including phenoxy) is 1. The Morgan fingerprint density at radius 1 is 1.33 bits per heavy atom. The molecule has 1 aromatic carbocycles. The average Bonchev–Trinajstić information content (AvgIpc) is 2.36. The van der Waals surface area contributed by atoms with E-state index in [4.69, 9.17) is 21.4 Å². The first-order valence-electron chi connectivity index (χ1n) is 6.29. The first-order chi connectivity index (χ1) is 9.65. The molecule has 116 valence electrons. The Morgan fingerprint density at radius 3 is 2.43 bits per heavy atom. The second-order valence-corrected chi connectivity index (χ2v) is 5.99. The zero-order valence-corrected chi connectivity index (χ0v) is 13.1. The van der Waals surface area contributed by atoms with Gasteiger partial charge >= 0.3 is 12.0 Å². The number of urea groups is 1. The highest BCUT2D eigenvalue weighted by Gasteiger charge is 2.32. The maximum absolute atomic E-state index is 11.9. The van der Waals surface area contributed by atoms with Crippen molar-refractivity contribution < 1.29 is 19.4 Å². The third-order valence-corrected chi connectivity index (χ3v) is 3.11. The van der Waals surface area contributed by atoms with E-state index in [-0.39, 0.29) is 0 Å². The van der Waals surface area contributed by atoms with E-state index in [2.05, 4.69) is 10.6 Å². The number of amides is 2. The van der Waals surface area contributed by atoms with Gasteiger partial charge in [-0.3, -0.25) is 0 Å². The standard InChI is InChI=1S/C14H19ClN2O4/c1-14(2,3)11(12(18)19)17-13(20)16-8-5-6-9(15)10(7-8)21-4/h5-7,11H,1-4H3,(H,18,19)(H2,16,17,20)/t11-/m0/s1. The fourth-order valence-corrected chi connectivity index (χ4v) is 1.88. The maximum Gasteiger partial charge on any atom is 0.326 e. The van der Waals surface area contributed by atoms with Crippen molar-refractivity contribution >= 4 is 29.3 Å². The van der Waals surface area contributed by atoms with Crippen LogP contribution >= 0.6 is 11.6 Å². The Kier molecular flexibility index (Phi) is 5.43. The van der Waals surface area contributed by atoms with E-state index in [1.54, 1.807) is 39.0 Å². The van der Waals surface area contributed by atoms with Crippen molar-refractivity contribution in [1.29, 1.82) is 0 Å². The lowest BCUT2D eigenvalue weighted by molar-refractivity contribution is -0.141. The molecule has 0 aliphatic rings. The molecular weight excluding hydrogens is 296 g/mol. The van der Waals surface area contributed by atoms with Gasteiger partial charge in [0, 0.05) is 11.8 Å². The molecule has 0 spiro atoms. The summed E-state index contributed by atoms with van der Waals surface area (Å²) in [6.45, 7) is 5.20. The SMILES string of the molecule is COc1cc(NC(=O)N[C@@H](C(=O)O)C(C)(C)C)ccc1Cl. The number of hydrogen-bond acceptors (Lipinski definition) is 3. The molecule has 0 aliphatic carbocycles. The minimum absolute atomic E-state index is 0.417. The van der Waals surface area contributed by atoms with Crippen molar-refractivity contribution in [2.45, 2.75) is 26.8 Å². The lowest BCUT2D eigenvalue weighted by Crippen LogP contribution is -2.50. The van der Waals surface area contributed by atoms with Crippen molar-refractivity contribution in [2.75, 3.05) is 12.4 Å². The molecule has 0 aliphatic heterocycles. The van der Waals surface area contributed by atoms with E-state index in [9.17, 15) is 9.59 Å². The molecule has 6 nitrogen and oxygen atoms in total. The number of carbonyl (C=O) groups is 2. The summed E-state index contributed by atoms with van der Waals surface area (Å²) >= 11 is 5.89. The lowest BCUT2D eigenvalue weighted by atomic mass is 9.87. The van der Waals surface area contributed by atoms with Gasteiger partial charge in [0.2, 0.25) is 0 Å². The predicted molar refractivity (Wildman–Crippen MR) is 81.0 cm³/mol. The van der Waals surface area contributed by atoms with Crippen LogP contribution in [0.3, 0.4) is 0 Å². The van der Waals surface area contributed by atoms with E-state index in [1.807, 2.05) is 0 Å². The third-order valence-electron chi connectivity index (χ3n) is 2.80. The van der Waals surface area contributed by atoms with Gasteiger partial charge in [-0.1, -0.05) is 32.4 Å². The number of nitrogens with one attached hydrogen (secondary N) is 2. The molecule has 2 amide bonds. The molecule has 21 heavy (non-hydrogen) atoms. The summed E-state index contributed by atoms with van der Waals surface area (Å²) < 4.78 is 5.04. The van der Waals surface area contributed by atoms with Gasteiger partial charge in [-0.2, -0.15) is 0 Å². The fourth-order valence-electron chi connectivity index (χ4n) is 1.68. The van der Waals surface area contributed by atoms with E-state index in [0.29, 0.717) is 16.5 Å². The van der Waals surface area contributed by atoms with Crippen molar-refractivity contribution in [3.63, 3.8) is 0 Å². The van der Waals surface area contributed by atoms with Crippen LogP contribution < -0.4 is 15.4 Å². The Bertz CT molecular complexity index is 540. The van der Waals surface area contributed by atoms with Crippen LogP contribution in [0.1, 0.15) is 20.8 Å². The van der Waals surface area contributed by atoms with Crippen molar-refractivity contribution in [3.8, 4) is 5.75 Å². The van der Waals surface area contributed by atoms with Gasteiger partial charge in [0.25, 0.3) is 0 Å². The number of aliphatic carboxylic acids is 1. The number of methoxy groups -OCH3 is 1. The summed E-state index contributed by atoms with van der Waals surface area (Å²) in [7, 11) is 1.46. The first-order valence-corrected chi connectivity index (χ1v) is 6.67. The minimum atomic E-state index is -1.09. The first kappa shape index (κ1) is 17.1. The summed E-state index contributed by atoms with van der Waals surface area (Å²) in [6.07, 6.45) is 0. The Labute approximate surface area is 128 Å². The van der Waals surface area contributed by atoms with Gasteiger partial charge in [-0.25, -0.2) is 9.59 Å². The topological polar surface area (TPSA) is 87.7 Å². The second-order valence-electron chi connectivity index (χ2n) is 5.59. The summed E-state index contributed by atoms with van der Waals surface area (Å²) in [5.41, 5.74) is -0.160. The van der Waals surface area contributed by atoms with Crippen LogP contribution in [0.5, 0.6) is 5.75 Å². The van der Waals surface area contributed by atoms with Crippen molar-refractivity contribution in [2.24, 2.45) is 5.41 Å². The highest BCUT2D eigenvalue weighted by atomic mass is 35.5. The summed E-state index contributed by atoms with van der Waals surface area (Å²) in [4.78, 5) is 23.1. The Balaban J connectivity index is 2.79. The number of hydrogen-bond donors (Lipinski definition) is 3. The van der Waals surface area contributed by atoms with Crippen LogP contribution in [0.2, 0.25) is 5.02 Å². The molecule has 0 aromatic heterocycles. The molecule has 7 heteroatoms. The van der Waals surface area contributed by atoms with Crippen LogP contribution in [0.15, 0.2) is 18.2 Å². The lowest BCUT2D eigenvalue weighted by Gasteiger charge is -2.27. The van der Waals surface area contributed by atoms with Gasteiger partial charge < -0.3 is 20.5 Å². The number of benzene rings is 1. The van der Waals surface area contributed by atoms with Gasteiger partial charge in [-0.15, -0.1) is 0 Å². The third kappa shape index (κ3) is 4.82. The normalized spacial score (nSPS) is 12.4. The van der Waals surface area contributed by atoms with Gasteiger partial charge in [0.1, 0.15) is 11.8 Å². The molecule has 0 saturated carbocycles. The molecular formula is C14H19ClN2O4. The summed E-state index contributed by atoms with van der Waals surface area (Å²) in [5, 5.41) is 14.6. The largest absolute Gasteiger partial charge is 0.495 e. The monoisotopic (exact) mass is 314 g/mol. The molecule has 0 bridgehead atoms. The van der Waals surface area contributed by atoms with E-state index >= 15 is 0 Å². The number of carboxylic acids is 1. The van der Waals surface area contributed by atoms with E-state index in [1.165, 1.54) is 7.11 Å². The zero-order chi connectivity index (χ0) is 16.2. The summed E-state index contributed by atoms with van der Waals surface area (Å²) in [5.74, 6) is -0.675. The van der Waals surface area contributed by atoms with Crippen LogP contribution in [0.4, 0.5) is 10.5 Å². The molecule has 0 unspecified atom stereocenters. The van der Waals surface area contributed by atoms with Crippen LogP contribution in [0.25, 0.3) is 0 Å². The van der Waals surface area contributed by atoms with Crippen LogP contribution in [-0.2, 0) is 4.79 Å². The second kappa shape index (κ2) is 6.67. The smallest absolute Gasteiger partial charge is 0.326 e. The number of carboxylic acid groups (broad SMARTS) is 1. The Hall–Kier alpha value is -1.95. The van der Waals surface area contributed by atoms with Crippen LogP contribution in [0, 0.1) is 5.41 Å². The molecule has 0 saturated heterocycles. The molecule has 0 radical (unpaired) electrons. The number of carbonyl (C=O) groups excluding carboxylic acids is 1. The van der Waals surface area contributed by atoms with Gasteiger partial charge in [-0.05, 0) is 17.5 Å². The molecule has 1 aromatic rings. The van der Waals surface area contributed by atoms with Gasteiger partial charge in [0.15, 0.2) is 0 Å². The van der Waals surface area contributed by atoms with Crippen LogP contribution in [-0.4, -0.2) is 30.3 Å². The van der Waals surface area contributed by atoms with Gasteiger partial charge in [0.05, 0.1) is 12.1 Å². The number of rotatable bonds is 4. The minimum Gasteiger partial charge on any atom is -0.495 e. The number of halogens is 1. The van der Waals surface area contributed by atoms with E-state index in [0.717, 1.165) is 0 Å². The molecule has 1 atom stereocenters. The maximum atomic E-state index is 11.9. The molecule has 1 rings (SSSR count). The number of anilines is 1. The fraction of sp³-hybridized carbons (Fsp3) is 0.429. The molecule has 0 heterocycles. The highest BCUT2D eigenvalue weighted by Crippen LogP contribution is 2.27. The van der Waals surface area contributed by atoms with Crippen molar-refractivity contribution in [1.82, 2.24) is 5.32 Å². The van der Waals surface area contributed by atoms with Crippen molar-refractivity contribution in [3.05, 3.63) is 23.2 Å². The molecule has 0 fully saturated rings. The molecule has 3 N–H and O–H groups in total.